The summed E-state index contributed by atoms with van der Waals surface area (Å²) < 4.78 is 2.10. The zero-order valence-corrected chi connectivity index (χ0v) is 15.9. The molecule has 0 saturated heterocycles. The van der Waals surface area contributed by atoms with Gasteiger partial charge in [-0.3, -0.25) is 4.90 Å². The number of imidazole rings is 2. The molecule has 0 radical (unpaired) electrons. The minimum atomic E-state index is 0.0545. The number of H-pyrrole nitrogens is 1. The summed E-state index contributed by atoms with van der Waals surface area (Å²) in [6, 6.07) is 19.4. The fourth-order valence-electron chi connectivity index (χ4n) is 4.20. The molecule has 4 aromatic rings. The lowest BCUT2D eigenvalue weighted by molar-refractivity contribution is 0.191. The molecule has 0 aliphatic carbocycles. The summed E-state index contributed by atoms with van der Waals surface area (Å²) in [4.78, 5) is 15.1. The Labute approximate surface area is 164 Å². The Balaban J connectivity index is 1.54. The topological polar surface area (TPSA) is 49.7 Å². The third-order valence-electron chi connectivity index (χ3n) is 5.60. The van der Waals surface area contributed by atoms with Gasteiger partial charge >= 0.3 is 0 Å². The number of nitrogens with one attached hydrogen (secondary N) is 1. The lowest BCUT2D eigenvalue weighted by Gasteiger charge is -2.35. The van der Waals surface area contributed by atoms with Crippen molar-refractivity contribution >= 4 is 0 Å². The van der Waals surface area contributed by atoms with E-state index >= 15 is 0 Å². The van der Waals surface area contributed by atoms with Crippen molar-refractivity contribution in [3.63, 3.8) is 0 Å². The fourth-order valence-corrected chi connectivity index (χ4v) is 4.20. The summed E-state index contributed by atoms with van der Waals surface area (Å²) in [5.74, 6) is 1.03. The molecule has 2 aromatic carbocycles. The second-order valence-electron chi connectivity index (χ2n) is 7.31. The molecule has 3 heterocycles. The average Bonchev–Trinajstić information content (AvgIpc) is 3.38. The summed E-state index contributed by atoms with van der Waals surface area (Å²) in [5.41, 5.74) is 6.18. The van der Waals surface area contributed by atoms with Crippen LogP contribution >= 0.6 is 0 Å². The molecule has 28 heavy (non-hydrogen) atoms. The van der Waals surface area contributed by atoms with Gasteiger partial charge < -0.3 is 9.55 Å². The summed E-state index contributed by atoms with van der Waals surface area (Å²) >= 11 is 0. The first-order valence-electron chi connectivity index (χ1n) is 9.68. The van der Waals surface area contributed by atoms with Crippen LogP contribution in [0.2, 0.25) is 0 Å². The number of aromatic amines is 1. The highest BCUT2D eigenvalue weighted by atomic mass is 15.2. The first kappa shape index (κ1) is 17.0. The molecule has 5 nitrogen and oxygen atoms in total. The van der Waals surface area contributed by atoms with Gasteiger partial charge in [-0.2, -0.15) is 0 Å². The van der Waals surface area contributed by atoms with E-state index in [4.69, 9.17) is 0 Å². The normalized spacial score (nSPS) is 16.8. The third kappa shape index (κ3) is 2.94. The zero-order chi connectivity index (χ0) is 18.9. The molecule has 0 saturated carbocycles. The van der Waals surface area contributed by atoms with Crippen molar-refractivity contribution in [3.8, 4) is 11.1 Å². The number of rotatable bonds is 4. The minimum absolute atomic E-state index is 0.0545. The SMILES string of the molecule is Cn1ccnc1[C@@H]1c2nc[nH]c2CCN1Cc1ccccc1-c1ccccc1. The predicted octanol–water partition coefficient (Wildman–Crippen LogP) is 3.96. The van der Waals surface area contributed by atoms with Crippen molar-refractivity contribution in [1.29, 1.82) is 0 Å². The quantitative estimate of drug-likeness (QED) is 0.592. The van der Waals surface area contributed by atoms with Crippen molar-refractivity contribution in [3.05, 3.63) is 96.1 Å². The van der Waals surface area contributed by atoms with E-state index < -0.39 is 0 Å². The Hall–Kier alpha value is -3.18. The van der Waals surface area contributed by atoms with Crippen molar-refractivity contribution in [2.24, 2.45) is 7.05 Å². The van der Waals surface area contributed by atoms with Crippen molar-refractivity contribution < 1.29 is 0 Å². The Kier molecular flexibility index (Phi) is 4.29. The van der Waals surface area contributed by atoms with Crippen molar-refractivity contribution in [2.75, 3.05) is 6.54 Å². The first-order valence-corrected chi connectivity index (χ1v) is 9.68. The summed E-state index contributed by atoms with van der Waals surface area (Å²) in [5, 5.41) is 0. The van der Waals surface area contributed by atoms with E-state index in [-0.39, 0.29) is 6.04 Å². The van der Waals surface area contributed by atoms with Gasteiger partial charge in [-0.25, -0.2) is 9.97 Å². The number of benzene rings is 2. The van der Waals surface area contributed by atoms with E-state index in [0.29, 0.717) is 0 Å². The molecule has 0 bridgehead atoms. The van der Waals surface area contributed by atoms with Crippen LogP contribution in [0.15, 0.2) is 73.3 Å². The Bertz CT molecular complexity index is 1080. The molecule has 0 spiro atoms. The molecule has 1 atom stereocenters. The van der Waals surface area contributed by atoms with E-state index in [2.05, 4.69) is 86.1 Å². The summed E-state index contributed by atoms with van der Waals surface area (Å²) in [7, 11) is 2.05. The van der Waals surface area contributed by atoms with Crippen LogP contribution in [0.1, 0.15) is 28.8 Å². The van der Waals surface area contributed by atoms with E-state index in [1.165, 1.54) is 22.4 Å². The van der Waals surface area contributed by atoms with Crippen molar-refractivity contribution in [2.45, 2.75) is 19.0 Å². The Morgan fingerprint density at radius 3 is 2.68 bits per heavy atom. The number of nitrogens with zero attached hydrogens (tertiary/aromatic N) is 4. The molecule has 0 amide bonds. The Morgan fingerprint density at radius 1 is 1.04 bits per heavy atom. The van der Waals surface area contributed by atoms with E-state index in [1.807, 2.05) is 18.7 Å². The highest BCUT2D eigenvalue weighted by Gasteiger charge is 2.33. The maximum Gasteiger partial charge on any atom is 0.132 e. The molecule has 5 rings (SSSR count). The van der Waals surface area contributed by atoms with Gasteiger partial charge in [0.05, 0.1) is 12.0 Å². The molecule has 0 fully saturated rings. The molecule has 1 aliphatic rings. The molecule has 140 valence electrons. The number of aryl methyl sites for hydroxylation is 1. The van der Waals surface area contributed by atoms with Gasteiger partial charge in [0, 0.05) is 44.6 Å². The third-order valence-corrected chi connectivity index (χ3v) is 5.60. The Morgan fingerprint density at radius 2 is 1.86 bits per heavy atom. The monoisotopic (exact) mass is 369 g/mol. The van der Waals surface area contributed by atoms with Gasteiger partial charge in [0.15, 0.2) is 0 Å². The highest BCUT2D eigenvalue weighted by Crippen LogP contribution is 2.35. The highest BCUT2D eigenvalue weighted by molar-refractivity contribution is 5.67. The molecular weight excluding hydrogens is 346 g/mol. The smallest absolute Gasteiger partial charge is 0.132 e. The molecule has 0 unspecified atom stereocenters. The number of fused-ring (bicyclic) bond motifs is 1. The largest absolute Gasteiger partial charge is 0.348 e. The lowest BCUT2D eigenvalue weighted by Crippen LogP contribution is -2.37. The lowest BCUT2D eigenvalue weighted by atomic mass is 9.96. The maximum absolute atomic E-state index is 4.66. The zero-order valence-electron chi connectivity index (χ0n) is 15.9. The van der Waals surface area contributed by atoms with Crippen LogP contribution in [0.5, 0.6) is 0 Å². The van der Waals surface area contributed by atoms with E-state index in [1.54, 1.807) is 0 Å². The van der Waals surface area contributed by atoms with Crippen LogP contribution in [-0.2, 0) is 20.0 Å². The van der Waals surface area contributed by atoms with Crippen LogP contribution in [-0.4, -0.2) is 31.0 Å². The molecule has 5 heteroatoms. The van der Waals surface area contributed by atoms with Gasteiger partial charge in [-0.05, 0) is 16.7 Å². The second kappa shape index (κ2) is 7.09. The minimum Gasteiger partial charge on any atom is -0.348 e. The molecule has 1 aliphatic heterocycles. The van der Waals surface area contributed by atoms with Crippen LogP contribution < -0.4 is 0 Å². The molecular formula is C23H23N5. The second-order valence-corrected chi connectivity index (χ2v) is 7.31. The summed E-state index contributed by atoms with van der Waals surface area (Å²) in [6.07, 6.45) is 6.66. The predicted molar refractivity (Wildman–Crippen MR) is 110 cm³/mol. The number of aromatic nitrogens is 4. The van der Waals surface area contributed by atoms with Crippen LogP contribution in [0.4, 0.5) is 0 Å². The van der Waals surface area contributed by atoms with E-state index in [0.717, 1.165) is 31.0 Å². The molecule has 2 aromatic heterocycles. The van der Waals surface area contributed by atoms with Crippen LogP contribution in [0.25, 0.3) is 11.1 Å². The van der Waals surface area contributed by atoms with E-state index in [9.17, 15) is 0 Å². The van der Waals surface area contributed by atoms with Gasteiger partial charge in [0.2, 0.25) is 0 Å². The maximum atomic E-state index is 4.66. The number of hydrogen-bond donors (Lipinski definition) is 1. The van der Waals surface area contributed by atoms with Gasteiger partial charge in [0.1, 0.15) is 11.9 Å². The standard InChI is InChI=1S/C23H23N5/c1-27-14-12-24-23(27)22-21-20(25-16-26-21)11-13-28(22)15-18-9-5-6-10-19(18)17-7-3-2-4-8-17/h2-10,12,14,16,22H,11,13,15H2,1H3,(H,25,26)/t22-/m0/s1. The van der Waals surface area contributed by atoms with Gasteiger partial charge in [-0.15, -0.1) is 0 Å². The van der Waals surface area contributed by atoms with Gasteiger partial charge in [0.25, 0.3) is 0 Å². The average molecular weight is 369 g/mol. The van der Waals surface area contributed by atoms with Gasteiger partial charge in [-0.1, -0.05) is 54.6 Å². The fraction of sp³-hybridized carbons (Fsp3) is 0.217. The summed E-state index contributed by atoms with van der Waals surface area (Å²) in [6.45, 7) is 1.82. The molecule has 1 N–H and O–H groups in total. The van der Waals surface area contributed by atoms with Crippen molar-refractivity contribution in [1.82, 2.24) is 24.4 Å². The van der Waals surface area contributed by atoms with Crippen LogP contribution in [0, 0.1) is 0 Å². The van der Waals surface area contributed by atoms with Crippen LogP contribution in [0.3, 0.4) is 0 Å². The first-order chi connectivity index (χ1) is 13.8. The number of hydrogen-bond acceptors (Lipinski definition) is 3.